The van der Waals surface area contributed by atoms with Crippen LogP contribution >= 0.6 is 11.6 Å². The lowest BCUT2D eigenvalue weighted by atomic mass is 10.4. The molecule has 0 atom stereocenters. The van der Waals surface area contributed by atoms with Crippen LogP contribution in [0, 0.1) is 0 Å². The Morgan fingerprint density at radius 2 is 1.56 bits per heavy atom. The molecule has 0 aliphatic carbocycles. The molecule has 0 saturated carbocycles. The molecule has 0 aromatic heterocycles. The van der Waals surface area contributed by atoms with Gasteiger partial charge in [-0.3, -0.25) is 0 Å². The molecular formula is C9H9ClF2O4S2. The van der Waals surface area contributed by atoms with Gasteiger partial charge in [0, 0.05) is 5.88 Å². The molecule has 0 radical (unpaired) electrons. The average molecular weight is 319 g/mol. The molecule has 1 aromatic carbocycles. The van der Waals surface area contributed by atoms with Gasteiger partial charge in [-0.1, -0.05) is 12.1 Å². The fraction of sp³-hybridized carbons (Fsp3) is 0.333. The molecule has 0 unspecified atom stereocenters. The van der Waals surface area contributed by atoms with Crippen molar-refractivity contribution in [3.8, 4) is 0 Å². The molecule has 1 rings (SSSR count). The van der Waals surface area contributed by atoms with Gasteiger partial charge in [-0.25, -0.2) is 16.8 Å². The van der Waals surface area contributed by atoms with E-state index in [1.807, 2.05) is 0 Å². The fourth-order valence-corrected chi connectivity index (χ4v) is 4.48. The van der Waals surface area contributed by atoms with Gasteiger partial charge < -0.3 is 0 Å². The van der Waals surface area contributed by atoms with Gasteiger partial charge in [0.05, 0.1) is 15.5 Å². The van der Waals surface area contributed by atoms with Crippen molar-refractivity contribution in [3.63, 3.8) is 0 Å². The second kappa shape index (κ2) is 5.50. The first-order chi connectivity index (χ1) is 8.23. The van der Waals surface area contributed by atoms with Gasteiger partial charge in [0.2, 0.25) is 9.84 Å². The predicted octanol–water partition coefficient (Wildman–Crippen LogP) is 1.70. The van der Waals surface area contributed by atoms with E-state index >= 15 is 0 Å². The molecular weight excluding hydrogens is 310 g/mol. The molecule has 0 bridgehead atoms. The van der Waals surface area contributed by atoms with Crippen LogP contribution in [0.15, 0.2) is 34.1 Å². The number of rotatable bonds is 5. The third kappa shape index (κ3) is 2.99. The highest BCUT2D eigenvalue weighted by atomic mass is 35.5. The van der Waals surface area contributed by atoms with Crippen LogP contribution in [-0.4, -0.2) is 34.2 Å². The maximum Gasteiger partial charge on any atom is 0.341 e. The second-order valence-corrected chi connectivity index (χ2v) is 7.60. The molecule has 0 aliphatic heterocycles. The Bertz CT molecular complexity index is 626. The van der Waals surface area contributed by atoms with E-state index in [1.54, 1.807) is 0 Å². The second-order valence-electron chi connectivity index (χ2n) is 3.26. The molecule has 9 heteroatoms. The van der Waals surface area contributed by atoms with Crippen molar-refractivity contribution in [3.05, 3.63) is 24.3 Å². The largest absolute Gasteiger partial charge is 0.341 e. The number of benzene rings is 1. The summed E-state index contributed by atoms with van der Waals surface area (Å²) in [5, 5.41) is 0. The summed E-state index contributed by atoms with van der Waals surface area (Å²) in [7, 11) is -8.97. The van der Waals surface area contributed by atoms with Crippen LogP contribution in [0.2, 0.25) is 0 Å². The first kappa shape index (κ1) is 15.3. The maximum atomic E-state index is 12.4. The van der Waals surface area contributed by atoms with Crippen LogP contribution in [0.3, 0.4) is 0 Å². The van der Waals surface area contributed by atoms with Crippen LogP contribution in [0.25, 0.3) is 0 Å². The molecule has 0 aliphatic rings. The van der Waals surface area contributed by atoms with E-state index in [9.17, 15) is 25.6 Å². The van der Waals surface area contributed by atoms with E-state index in [0.717, 1.165) is 12.1 Å². The zero-order chi connectivity index (χ0) is 14.0. The summed E-state index contributed by atoms with van der Waals surface area (Å²) in [6.45, 7) is 0. The number of halogens is 3. The van der Waals surface area contributed by atoms with Crippen molar-refractivity contribution >= 4 is 31.3 Å². The van der Waals surface area contributed by atoms with Gasteiger partial charge in [0.15, 0.2) is 9.84 Å². The highest BCUT2D eigenvalue weighted by Crippen LogP contribution is 2.26. The lowest BCUT2D eigenvalue weighted by molar-refractivity contribution is 0.234. The Kier molecular flexibility index (Phi) is 4.68. The van der Waals surface area contributed by atoms with Gasteiger partial charge in [-0.2, -0.15) is 8.78 Å². The molecule has 0 saturated heterocycles. The molecule has 0 fully saturated rings. The standard InChI is InChI=1S/C9H9ClF2O4S2/c10-5-6-17(13,14)7-3-1-2-4-8(7)18(15,16)9(11)12/h1-4,9H,5-6H2. The quantitative estimate of drug-likeness (QED) is 0.775. The van der Waals surface area contributed by atoms with Crippen LogP contribution in [-0.2, 0) is 19.7 Å². The number of sulfone groups is 2. The third-order valence-electron chi connectivity index (χ3n) is 2.07. The fourth-order valence-electron chi connectivity index (χ4n) is 1.25. The molecule has 102 valence electrons. The Hall–Kier alpha value is -0.730. The smallest absolute Gasteiger partial charge is 0.224 e. The van der Waals surface area contributed by atoms with Gasteiger partial charge in [-0.15, -0.1) is 11.6 Å². The Morgan fingerprint density at radius 3 is 2.00 bits per heavy atom. The Balaban J connectivity index is 3.52. The predicted molar refractivity (Wildman–Crippen MR) is 62.4 cm³/mol. The van der Waals surface area contributed by atoms with E-state index in [2.05, 4.69) is 0 Å². The van der Waals surface area contributed by atoms with Crippen LogP contribution < -0.4 is 0 Å². The monoisotopic (exact) mass is 318 g/mol. The number of hydrogen-bond donors (Lipinski definition) is 0. The van der Waals surface area contributed by atoms with E-state index in [4.69, 9.17) is 11.6 Å². The highest BCUT2D eigenvalue weighted by molar-refractivity contribution is 7.94. The van der Waals surface area contributed by atoms with E-state index in [0.29, 0.717) is 0 Å². The third-order valence-corrected chi connectivity index (χ3v) is 5.82. The van der Waals surface area contributed by atoms with Crippen LogP contribution in [0.5, 0.6) is 0 Å². The van der Waals surface area contributed by atoms with Crippen LogP contribution in [0.1, 0.15) is 0 Å². The van der Waals surface area contributed by atoms with E-state index < -0.39 is 41.0 Å². The summed E-state index contributed by atoms with van der Waals surface area (Å²) < 4.78 is 71.1. The van der Waals surface area contributed by atoms with Crippen LogP contribution in [0.4, 0.5) is 8.78 Å². The first-order valence-corrected chi connectivity index (χ1v) is 8.36. The molecule has 18 heavy (non-hydrogen) atoms. The van der Waals surface area contributed by atoms with Crippen molar-refractivity contribution in [1.82, 2.24) is 0 Å². The van der Waals surface area contributed by atoms with Crippen molar-refractivity contribution in [2.24, 2.45) is 0 Å². The van der Waals surface area contributed by atoms with Gasteiger partial charge >= 0.3 is 5.76 Å². The Morgan fingerprint density at radius 1 is 1.06 bits per heavy atom. The maximum absolute atomic E-state index is 12.4. The van der Waals surface area contributed by atoms with Gasteiger partial charge in [0.1, 0.15) is 0 Å². The van der Waals surface area contributed by atoms with Crippen molar-refractivity contribution in [2.45, 2.75) is 15.5 Å². The number of alkyl halides is 3. The molecule has 0 N–H and O–H groups in total. The topological polar surface area (TPSA) is 68.3 Å². The minimum Gasteiger partial charge on any atom is -0.224 e. The summed E-state index contributed by atoms with van der Waals surface area (Å²) in [5.41, 5.74) is 0. The molecule has 1 aromatic rings. The SMILES string of the molecule is O=S(=O)(CCCl)c1ccccc1S(=O)(=O)C(F)F. The molecule has 0 heterocycles. The summed E-state index contributed by atoms with van der Waals surface area (Å²) in [6.07, 6.45) is 0. The molecule has 0 spiro atoms. The zero-order valence-electron chi connectivity index (χ0n) is 8.88. The van der Waals surface area contributed by atoms with E-state index in [-0.39, 0.29) is 5.88 Å². The molecule has 4 nitrogen and oxygen atoms in total. The van der Waals surface area contributed by atoms with E-state index in [1.165, 1.54) is 12.1 Å². The summed E-state index contributed by atoms with van der Waals surface area (Å²) in [4.78, 5) is -1.55. The minimum atomic E-state index is -4.96. The van der Waals surface area contributed by atoms with Gasteiger partial charge in [0.25, 0.3) is 0 Å². The summed E-state index contributed by atoms with van der Waals surface area (Å²) >= 11 is 5.29. The number of hydrogen-bond acceptors (Lipinski definition) is 4. The summed E-state index contributed by atoms with van der Waals surface area (Å²) in [6, 6.07) is 4.24. The molecule has 0 amide bonds. The van der Waals surface area contributed by atoms with Crippen molar-refractivity contribution in [1.29, 1.82) is 0 Å². The normalized spacial score (nSPS) is 12.9. The highest BCUT2D eigenvalue weighted by Gasteiger charge is 2.32. The van der Waals surface area contributed by atoms with Crippen molar-refractivity contribution in [2.75, 3.05) is 11.6 Å². The first-order valence-electron chi connectivity index (χ1n) is 4.63. The zero-order valence-corrected chi connectivity index (χ0v) is 11.3. The average Bonchev–Trinajstić information content (AvgIpc) is 2.28. The lowest BCUT2D eigenvalue weighted by Gasteiger charge is -2.09. The van der Waals surface area contributed by atoms with Crippen molar-refractivity contribution < 1.29 is 25.6 Å². The Labute approximate surface area is 108 Å². The summed E-state index contributed by atoms with van der Waals surface area (Å²) in [5.74, 6) is -4.46. The lowest BCUT2D eigenvalue weighted by Crippen LogP contribution is -2.17. The minimum absolute atomic E-state index is 0.259. The van der Waals surface area contributed by atoms with Gasteiger partial charge in [-0.05, 0) is 12.1 Å².